The van der Waals surface area contributed by atoms with Crippen LogP contribution in [0.4, 0.5) is 5.69 Å². The van der Waals surface area contributed by atoms with Gasteiger partial charge in [-0.3, -0.25) is 0 Å². The number of anilines is 1. The van der Waals surface area contributed by atoms with Gasteiger partial charge in [0.15, 0.2) is 5.84 Å². The number of amidine groups is 1. The van der Waals surface area contributed by atoms with E-state index in [1.54, 1.807) is 0 Å². The van der Waals surface area contributed by atoms with E-state index in [0.717, 1.165) is 24.2 Å². The van der Waals surface area contributed by atoms with E-state index in [4.69, 9.17) is 10.9 Å². The number of hydrogen-bond donors (Lipinski definition) is 3. The van der Waals surface area contributed by atoms with Crippen molar-refractivity contribution in [3.05, 3.63) is 29.3 Å². The Labute approximate surface area is 113 Å². The molecule has 0 saturated carbocycles. The Bertz CT molecular complexity index is 488. The lowest BCUT2D eigenvalue weighted by Gasteiger charge is -2.36. The largest absolute Gasteiger partial charge is 0.409 e. The summed E-state index contributed by atoms with van der Waals surface area (Å²) < 4.78 is 0. The normalized spacial score (nSPS) is 24.6. The molecular weight excluding hydrogens is 242 g/mol. The van der Waals surface area contributed by atoms with E-state index in [9.17, 15) is 5.11 Å². The predicted molar refractivity (Wildman–Crippen MR) is 75.7 cm³/mol. The lowest BCUT2D eigenvalue weighted by atomic mass is 9.94. The molecular formula is C14H21N3O2. The number of β-amino-alcohol motifs (C(OH)–C–C–N with tert-alkyl or cyclic N) is 1. The quantitative estimate of drug-likeness (QED) is 0.325. The molecule has 1 fully saturated rings. The van der Waals surface area contributed by atoms with Crippen LogP contribution in [-0.4, -0.2) is 35.3 Å². The van der Waals surface area contributed by atoms with Crippen LogP contribution in [-0.2, 0) is 0 Å². The highest BCUT2D eigenvalue weighted by Gasteiger charge is 2.26. The molecule has 0 spiro atoms. The first-order valence-corrected chi connectivity index (χ1v) is 6.54. The molecule has 2 unspecified atom stereocenters. The molecule has 1 aliphatic heterocycles. The number of aliphatic hydroxyl groups is 1. The molecule has 0 amide bonds. The zero-order valence-corrected chi connectivity index (χ0v) is 11.4. The van der Waals surface area contributed by atoms with Crippen LogP contribution in [0, 0.1) is 12.8 Å². The lowest BCUT2D eigenvalue weighted by Crippen LogP contribution is -2.43. The molecule has 0 radical (unpaired) electrons. The Balaban J connectivity index is 2.35. The Morgan fingerprint density at radius 3 is 2.84 bits per heavy atom. The fourth-order valence-corrected chi connectivity index (χ4v) is 2.44. The smallest absolute Gasteiger partial charge is 0.172 e. The third kappa shape index (κ3) is 2.81. The van der Waals surface area contributed by atoms with Crippen molar-refractivity contribution in [1.82, 2.24) is 0 Å². The van der Waals surface area contributed by atoms with Crippen molar-refractivity contribution in [2.24, 2.45) is 16.8 Å². The van der Waals surface area contributed by atoms with E-state index in [0.29, 0.717) is 18.0 Å². The van der Waals surface area contributed by atoms with E-state index in [1.807, 2.05) is 25.1 Å². The van der Waals surface area contributed by atoms with Gasteiger partial charge in [-0.15, -0.1) is 0 Å². The summed E-state index contributed by atoms with van der Waals surface area (Å²) in [5.41, 5.74) is 8.45. The highest BCUT2D eigenvalue weighted by Crippen LogP contribution is 2.27. The van der Waals surface area contributed by atoms with Gasteiger partial charge in [-0.1, -0.05) is 18.1 Å². The number of nitrogens with zero attached hydrogens (tertiary/aromatic N) is 2. The molecule has 5 heteroatoms. The molecule has 2 rings (SSSR count). The molecule has 1 aromatic carbocycles. The van der Waals surface area contributed by atoms with E-state index < -0.39 is 0 Å². The highest BCUT2D eigenvalue weighted by atomic mass is 16.4. The van der Waals surface area contributed by atoms with Crippen LogP contribution < -0.4 is 10.6 Å². The van der Waals surface area contributed by atoms with Gasteiger partial charge in [-0.25, -0.2) is 0 Å². The van der Waals surface area contributed by atoms with Gasteiger partial charge in [-0.05, 0) is 37.0 Å². The molecule has 19 heavy (non-hydrogen) atoms. The number of aliphatic hydroxyl groups excluding tert-OH is 1. The maximum Gasteiger partial charge on any atom is 0.172 e. The van der Waals surface area contributed by atoms with E-state index >= 15 is 0 Å². The fraction of sp³-hybridized carbons (Fsp3) is 0.500. The molecule has 0 aromatic heterocycles. The van der Waals surface area contributed by atoms with E-state index in [2.05, 4.69) is 17.0 Å². The monoisotopic (exact) mass is 263 g/mol. The van der Waals surface area contributed by atoms with Gasteiger partial charge >= 0.3 is 0 Å². The Morgan fingerprint density at radius 1 is 1.47 bits per heavy atom. The topological polar surface area (TPSA) is 82.1 Å². The Morgan fingerprint density at radius 2 is 2.21 bits per heavy atom. The molecule has 5 nitrogen and oxygen atoms in total. The second kappa shape index (κ2) is 5.48. The minimum Gasteiger partial charge on any atom is -0.409 e. The molecule has 2 atom stereocenters. The van der Waals surface area contributed by atoms with Gasteiger partial charge in [0.05, 0.1) is 6.10 Å². The van der Waals surface area contributed by atoms with Gasteiger partial charge in [-0.2, -0.15) is 0 Å². The Kier molecular flexibility index (Phi) is 3.95. The molecule has 0 bridgehead atoms. The van der Waals surface area contributed by atoms with Crippen LogP contribution in [0.25, 0.3) is 0 Å². The van der Waals surface area contributed by atoms with E-state index in [1.165, 1.54) is 0 Å². The molecule has 1 aliphatic rings. The molecule has 4 N–H and O–H groups in total. The van der Waals surface area contributed by atoms with Gasteiger partial charge < -0.3 is 20.9 Å². The maximum absolute atomic E-state index is 10.0. The van der Waals surface area contributed by atoms with Crippen LogP contribution in [0.15, 0.2) is 23.4 Å². The number of aryl methyl sites for hydroxylation is 1. The SMILES string of the molecule is Cc1ccc(/C(N)=N/O)c(N2CCC(C)C(O)C2)c1. The number of nitrogens with two attached hydrogens (primary N) is 1. The Hall–Kier alpha value is -1.75. The van der Waals surface area contributed by atoms with Crippen molar-refractivity contribution < 1.29 is 10.3 Å². The maximum atomic E-state index is 10.0. The first-order valence-electron chi connectivity index (χ1n) is 6.54. The van der Waals surface area contributed by atoms with Crippen LogP contribution >= 0.6 is 0 Å². The van der Waals surface area contributed by atoms with Crippen LogP contribution in [0.3, 0.4) is 0 Å². The van der Waals surface area contributed by atoms with E-state index in [-0.39, 0.29) is 11.9 Å². The van der Waals surface area contributed by atoms with Crippen LogP contribution in [0.5, 0.6) is 0 Å². The van der Waals surface area contributed by atoms with Crippen molar-refractivity contribution in [3.8, 4) is 0 Å². The number of piperidine rings is 1. The summed E-state index contributed by atoms with van der Waals surface area (Å²) in [5, 5.41) is 22.0. The first-order chi connectivity index (χ1) is 9.02. The summed E-state index contributed by atoms with van der Waals surface area (Å²) in [6, 6.07) is 5.79. The number of oxime groups is 1. The van der Waals surface area contributed by atoms with Gasteiger partial charge in [0.25, 0.3) is 0 Å². The van der Waals surface area contributed by atoms with Crippen LogP contribution in [0.2, 0.25) is 0 Å². The summed E-state index contributed by atoms with van der Waals surface area (Å²) in [5.74, 6) is 0.413. The minimum absolute atomic E-state index is 0.100. The molecule has 104 valence electrons. The number of benzene rings is 1. The van der Waals surface area contributed by atoms with Gasteiger partial charge in [0.1, 0.15) is 0 Å². The standard InChI is InChI=1S/C14H21N3O2/c1-9-3-4-11(14(15)16-19)12(7-9)17-6-5-10(2)13(18)8-17/h3-4,7,10,13,18-19H,5-6,8H2,1-2H3,(H2,15,16). The third-order valence-corrected chi connectivity index (χ3v) is 3.80. The van der Waals surface area contributed by atoms with Crippen molar-refractivity contribution in [2.75, 3.05) is 18.0 Å². The van der Waals surface area contributed by atoms with Gasteiger partial charge in [0, 0.05) is 24.3 Å². The average molecular weight is 263 g/mol. The van der Waals surface area contributed by atoms with Crippen molar-refractivity contribution in [3.63, 3.8) is 0 Å². The third-order valence-electron chi connectivity index (χ3n) is 3.80. The predicted octanol–water partition coefficient (Wildman–Crippen LogP) is 1.30. The molecule has 0 aliphatic carbocycles. The summed E-state index contributed by atoms with van der Waals surface area (Å²) >= 11 is 0. The zero-order chi connectivity index (χ0) is 14.0. The first kappa shape index (κ1) is 13.7. The average Bonchev–Trinajstić information content (AvgIpc) is 2.41. The molecule has 1 aromatic rings. The summed E-state index contributed by atoms with van der Waals surface area (Å²) in [6.45, 7) is 5.51. The van der Waals surface area contributed by atoms with Crippen molar-refractivity contribution in [2.45, 2.75) is 26.4 Å². The summed E-state index contributed by atoms with van der Waals surface area (Å²) in [7, 11) is 0. The fourth-order valence-electron chi connectivity index (χ4n) is 2.44. The second-order valence-corrected chi connectivity index (χ2v) is 5.29. The summed E-state index contributed by atoms with van der Waals surface area (Å²) in [6.07, 6.45) is 0.597. The van der Waals surface area contributed by atoms with Crippen LogP contribution in [0.1, 0.15) is 24.5 Å². The van der Waals surface area contributed by atoms with Crippen molar-refractivity contribution in [1.29, 1.82) is 0 Å². The molecule has 1 heterocycles. The lowest BCUT2D eigenvalue weighted by molar-refractivity contribution is 0.103. The minimum atomic E-state index is -0.339. The summed E-state index contributed by atoms with van der Waals surface area (Å²) in [4.78, 5) is 2.10. The number of hydrogen-bond acceptors (Lipinski definition) is 4. The highest BCUT2D eigenvalue weighted by molar-refractivity contribution is 6.02. The van der Waals surface area contributed by atoms with Gasteiger partial charge in [0.2, 0.25) is 0 Å². The zero-order valence-electron chi connectivity index (χ0n) is 11.4. The van der Waals surface area contributed by atoms with Crippen molar-refractivity contribution >= 4 is 11.5 Å². The molecule has 1 saturated heterocycles. The second-order valence-electron chi connectivity index (χ2n) is 5.29. The number of rotatable bonds is 2.